The van der Waals surface area contributed by atoms with E-state index >= 15 is 0 Å². The Morgan fingerprint density at radius 2 is 1.96 bits per heavy atom. The molecule has 28 heavy (non-hydrogen) atoms. The quantitative estimate of drug-likeness (QED) is 0.640. The highest BCUT2D eigenvalue weighted by Crippen LogP contribution is 2.31. The number of carbonyl (C=O) groups excluding carboxylic acids is 1. The fourth-order valence-corrected chi connectivity index (χ4v) is 2.85. The molecule has 9 nitrogen and oxygen atoms in total. The van der Waals surface area contributed by atoms with E-state index < -0.39 is 17.9 Å². The van der Waals surface area contributed by atoms with Gasteiger partial charge in [0.15, 0.2) is 17.1 Å². The van der Waals surface area contributed by atoms with E-state index in [4.69, 9.17) is 9.47 Å². The van der Waals surface area contributed by atoms with Crippen molar-refractivity contribution >= 4 is 17.5 Å². The maximum Gasteiger partial charge on any atom is 0.305 e. The Morgan fingerprint density at radius 3 is 2.64 bits per heavy atom. The minimum absolute atomic E-state index is 0.263. The number of aryl methyl sites for hydroxylation is 1. The van der Waals surface area contributed by atoms with Gasteiger partial charge in [-0.2, -0.15) is 5.10 Å². The van der Waals surface area contributed by atoms with Crippen molar-refractivity contribution in [2.45, 2.75) is 19.4 Å². The zero-order valence-corrected chi connectivity index (χ0v) is 15.7. The van der Waals surface area contributed by atoms with Gasteiger partial charge in [-0.1, -0.05) is 6.07 Å². The van der Waals surface area contributed by atoms with Crippen LogP contribution in [-0.2, 0) is 4.79 Å². The number of rotatable bonds is 7. The maximum absolute atomic E-state index is 12.8. The van der Waals surface area contributed by atoms with Crippen LogP contribution in [0.2, 0.25) is 0 Å². The number of carboxylic acid groups (broad SMARTS) is 1. The summed E-state index contributed by atoms with van der Waals surface area (Å²) in [5, 5.41) is 16.2. The fraction of sp³-hybridized carbons (Fsp3) is 0.263. The van der Waals surface area contributed by atoms with Crippen molar-refractivity contribution in [2.75, 3.05) is 14.2 Å². The van der Waals surface area contributed by atoms with Crippen LogP contribution >= 0.6 is 0 Å². The Labute approximate surface area is 160 Å². The number of methoxy groups -OCH3 is 2. The van der Waals surface area contributed by atoms with Crippen molar-refractivity contribution in [1.29, 1.82) is 0 Å². The molecule has 0 aliphatic rings. The molecule has 2 aromatic heterocycles. The van der Waals surface area contributed by atoms with Crippen molar-refractivity contribution in [3.63, 3.8) is 0 Å². The zero-order chi connectivity index (χ0) is 20.3. The van der Waals surface area contributed by atoms with Gasteiger partial charge in [-0.05, 0) is 30.7 Å². The molecule has 1 unspecified atom stereocenters. The highest BCUT2D eigenvalue weighted by atomic mass is 16.5. The molecule has 0 spiro atoms. The Morgan fingerprint density at radius 1 is 1.21 bits per heavy atom. The molecule has 3 aromatic rings. The number of carboxylic acids is 1. The standard InChI is InChI=1S/C19H20N4O5/c1-11-6-7-23-18(21-11)13(10-20-23)19(26)22-14(9-17(24)25)12-4-5-15(27-2)16(8-12)28-3/h4-8,10,14H,9H2,1-3H3,(H,22,26)(H,24,25). The monoisotopic (exact) mass is 384 g/mol. The highest BCUT2D eigenvalue weighted by molar-refractivity contribution is 6.00. The van der Waals surface area contributed by atoms with Crippen molar-refractivity contribution in [1.82, 2.24) is 19.9 Å². The van der Waals surface area contributed by atoms with E-state index in [1.165, 1.54) is 24.9 Å². The predicted octanol–water partition coefficient (Wildman–Crippen LogP) is 2.00. The average Bonchev–Trinajstić information content (AvgIpc) is 3.09. The van der Waals surface area contributed by atoms with Crippen LogP contribution in [0.3, 0.4) is 0 Å². The molecule has 1 atom stereocenters. The summed E-state index contributed by atoms with van der Waals surface area (Å²) in [4.78, 5) is 28.5. The lowest BCUT2D eigenvalue weighted by atomic mass is 10.0. The van der Waals surface area contributed by atoms with Crippen LogP contribution in [0, 0.1) is 6.92 Å². The predicted molar refractivity (Wildman–Crippen MR) is 99.7 cm³/mol. The van der Waals surface area contributed by atoms with Gasteiger partial charge in [-0.15, -0.1) is 0 Å². The number of nitrogens with one attached hydrogen (secondary N) is 1. The minimum Gasteiger partial charge on any atom is -0.493 e. The first-order valence-corrected chi connectivity index (χ1v) is 8.48. The van der Waals surface area contributed by atoms with Gasteiger partial charge >= 0.3 is 5.97 Å². The van der Waals surface area contributed by atoms with Crippen LogP contribution in [0.25, 0.3) is 5.65 Å². The van der Waals surface area contributed by atoms with Crippen LogP contribution in [0.5, 0.6) is 11.5 Å². The molecule has 0 bridgehead atoms. The summed E-state index contributed by atoms with van der Waals surface area (Å²) < 4.78 is 12.0. The second-order valence-electron chi connectivity index (χ2n) is 6.13. The third-order valence-electron chi connectivity index (χ3n) is 4.25. The Bertz CT molecular complexity index is 1030. The van der Waals surface area contributed by atoms with Gasteiger partial charge in [0.25, 0.3) is 5.91 Å². The summed E-state index contributed by atoms with van der Waals surface area (Å²) in [6.45, 7) is 1.81. The Kier molecular flexibility index (Phi) is 5.44. The van der Waals surface area contributed by atoms with E-state index in [9.17, 15) is 14.7 Å². The second-order valence-corrected chi connectivity index (χ2v) is 6.13. The van der Waals surface area contributed by atoms with E-state index in [-0.39, 0.29) is 12.0 Å². The number of aromatic nitrogens is 3. The lowest BCUT2D eigenvalue weighted by Crippen LogP contribution is -2.30. The number of nitrogens with zero attached hydrogens (tertiary/aromatic N) is 3. The number of hydrogen-bond donors (Lipinski definition) is 2. The van der Waals surface area contributed by atoms with E-state index in [1.807, 2.05) is 6.92 Å². The second kappa shape index (κ2) is 7.95. The summed E-state index contributed by atoms with van der Waals surface area (Å²) >= 11 is 0. The van der Waals surface area contributed by atoms with Crippen molar-refractivity contribution in [3.8, 4) is 11.5 Å². The first-order valence-electron chi connectivity index (χ1n) is 8.48. The van der Waals surface area contributed by atoms with E-state index in [0.717, 1.165) is 5.69 Å². The third-order valence-corrected chi connectivity index (χ3v) is 4.25. The average molecular weight is 384 g/mol. The topological polar surface area (TPSA) is 115 Å². The summed E-state index contributed by atoms with van der Waals surface area (Å²) in [6, 6.07) is 6.00. The molecule has 0 saturated heterocycles. The van der Waals surface area contributed by atoms with Crippen LogP contribution in [0.15, 0.2) is 36.7 Å². The fourth-order valence-electron chi connectivity index (χ4n) is 2.85. The molecule has 0 aliphatic carbocycles. The number of benzene rings is 1. The number of ether oxygens (including phenoxy) is 2. The zero-order valence-electron chi connectivity index (χ0n) is 15.7. The number of fused-ring (bicyclic) bond motifs is 1. The summed E-state index contributed by atoms with van der Waals surface area (Å²) in [5.74, 6) is -0.560. The van der Waals surface area contributed by atoms with E-state index in [0.29, 0.717) is 22.7 Å². The molecule has 0 aliphatic heterocycles. The molecule has 0 radical (unpaired) electrons. The van der Waals surface area contributed by atoms with Crippen molar-refractivity contribution < 1.29 is 24.2 Å². The van der Waals surface area contributed by atoms with Crippen molar-refractivity contribution in [2.24, 2.45) is 0 Å². The van der Waals surface area contributed by atoms with Gasteiger partial charge in [-0.25, -0.2) is 9.50 Å². The van der Waals surface area contributed by atoms with Gasteiger partial charge in [0.2, 0.25) is 0 Å². The van der Waals surface area contributed by atoms with Gasteiger partial charge in [0, 0.05) is 11.9 Å². The van der Waals surface area contributed by atoms with Crippen LogP contribution in [-0.4, -0.2) is 45.8 Å². The summed E-state index contributed by atoms with van der Waals surface area (Å²) in [6.07, 6.45) is 2.81. The van der Waals surface area contributed by atoms with Gasteiger partial charge in [0.05, 0.1) is 32.9 Å². The number of hydrogen-bond acceptors (Lipinski definition) is 6. The number of amides is 1. The molecule has 2 heterocycles. The Balaban J connectivity index is 1.93. The third kappa shape index (κ3) is 3.88. The maximum atomic E-state index is 12.8. The molecular weight excluding hydrogens is 364 g/mol. The molecular formula is C19H20N4O5. The highest BCUT2D eigenvalue weighted by Gasteiger charge is 2.23. The van der Waals surface area contributed by atoms with Gasteiger partial charge < -0.3 is 19.9 Å². The summed E-state index contributed by atoms with van der Waals surface area (Å²) in [5.41, 5.74) is 1.98. The molecule has 146 valence electrons. The largest absolute Gasteiger partial charge is 0.493 e. The molecule has 1 amide bonds. The lowest BCUT2D eigenvalue weighted by molar-refractivity contribution is -0.137. The minimum atomic E-state index is -1.05. The smallest absolute Gasteiger partial charge is 0.305 e. The van der Waals surface area contributed by atoms with E-state index in [2.05, 4.69) is 15.4 Å². The van der Waals surface area contributed by atoms with Crippen LogP contribution in [0.4, 0.5) is 0 Å². The SMILES string of the molecule is COc1ccc(C(CC(=O)O)NC(=O)c2cnn3ccc(C)nc23)cc1OC. The molecule has 1 aromatic carbocycles. The first kappa shape index (κ1) is 19.2. The van der Waals surface area contributed by atoms with Crippen LogP contribution in [0.1, 0.15) is 34.1 Å². The van der Waals surface area contributed by atoms with Gasteiger partial charge in [-0.3, -0.25) is 9.59 Å². The molecule has 9 heteroatoms. The molecule has 0 saturated carbocycles. The number of carbonyl (C=O) groups is 2. The molecule has 2 N–H and O–H groups in total. The molecule has 0 fully saturated rings. The Hall–Kier alpha value is -3.62. The van der Waals surface area contributed by atoms with Gasteiger partial charge in [0.1, 0.15) is 5.56 Å². The first-order chi connectivity index (χ1) is 13.4. The van der Waals surface area contributed by atoms with Crippen LogP contribution < -0.4 is 14.8 Å². The lowest BCUT2D eigenvalue weighted by Gasteiger charge is -2.19. The molecule has 3 rings (SSSR count). The normalized spacial score (nSPS) is 11.8. The number of aliphatic carboxylic acids is 1. The van der Waals surface area contributed by atoms with Crippen molar-refractivity contribution in [3.05, 3.63) is 53.5 Å². The summed E-state index contributed by atoms with van der Waals surface area (Å²) in [7, 11) is 2.99. The van der Waals surface area contributed by atoms with E-state index in [1.54, 1.807) is 30.5 Å².